The van der Waals surface area contributed by atoms with Gasteiger partial charge in [-0.05, 0) is 24.3 Å². The average molecular weight is 372 g/mol. The third-order valence-electron chi connectivity index (χ3n) is 3.53. The Bertz CT molecular complexity index is 974. The van der Waals surface area contributed by atoms with Crippen molar-refractivity contribution in [3.8, 4) is 5.75 Å². The highest BCUT2D eigenvalue weighted by atomic mass is 32.2. The summed E-state index contributed by atoms with van der Waals surface area (Å²) in [5.74, 6) is -0.134. The van der Waals surface area contributed by atoms with Gasteiger partial charge in [0.2, 0.25) is 0 Å². The number of methoxy groups -OCH3 is 1. The Kier molecular flexibility index (Phi) is 5.55. The van der Waals surface area contributed by atoms with E-state index in [-0.39, 0.29) is 10.9 Å². The number of thioether (sulfide) groups is 1. The van der Waals surface area contributed by atoms with Crippen LogP contribution in [0.4, 0.5) is 0 Å². The second-order valence-electron chi connectivity index (χ2n) is 5.21. The Balaban J connectivity index is 2.03. The Morgan fingerprint density at radius 1 is 1.19 bits per heavy atom. The minimum atomic E-state index is -1.60. The molecule has 3 aromatic rings. The molecule has 1 heterocycles. The zero-order chi connectivity index (χ0) is 18.5. The molecule has 3 rings (SSSR count). The number of fused-ring (bicyclic) bond motifs is 1. The normalized spacial score (nSPS) is 11.9. The van der Waals surface area contributed by atoms with Crippen molar-refractivity contribution in [1.29, 1.82) is 0 Å². The Labute approximate surface area is 153 Å². The van der Waals surface area contributed by atoms with Crippen molar-refractivity contribution in [2.75, 3.05) is 12.9 Å². The van der Waals surface area contributed by atoms with Crippen molar-refractivity contribution < 1.29 is 19.4 Å². The molecule has 0 aliphatic carbocycles. The summed E-state index contributed by atoms with van der Waals surface area (Å²) in [6.45, 7) is 0. The first-order valence-electron chi connectivity index (χ1n) is 7.71. The van der Waals surface area contributed by atoms with Crippen molar-refractivity contribution >= 4 is 28.6 Å². The van der Waals surface area contributed by atoms with Crippen LogP contribution < -0.4 is 10.3 Å². The number of esters is 1. The fraction of sp³-hybridized carbons (Fsp3) is 0.167. The number of hydrogen-bond donors (Lipinski definition) is 1. The van der Waals surface area contributed by atoms with Gasteiger partial charge in [0.15, 0.2) is 5.16 Å². The van der Waals surface area contributed by atoms with Gasteiger partial charge in [0, 0.05) is 0 Å². The zero-order valence-corrected chi connectivity index (χ0v) is 14.7. The highest BCUT2D eigenvalue weighted by Crippen LogP contribution is 2.22. The van der Waals surface area contributed by atoms with Crippen LogP contribution in [-0.2, 0) is 9.53 Å². The van der Waals surface area contributed by atoms with E-state index in [1.165, 1.54) is 7.11 Å². The standard InChI is InChI=1S/C18H16N2O5S/c1-24-15(21)11-26-17-19-14-10-6-5-9-13(14)16(22)20(17)18(23)25-12-7-3-2-4-8-12/h2-10,18,23H,11H2,1H3. The van der Waals surface area contributed by atoms with Gasteiger partial charge in [-0.15, -0.1) is 0 Å². The summed E-state index contributed by atoms with van der Waals surface area (Å²) < 4.78 is 11.1. The summed E-state index contributed by atoms with van der Waals surface area (Å²) >= 11 is 0.985. The Morgan fingerprint density at radius 3 is 2.62 bits per heavy atom. The maximum absolute atomic E-state index is 12.8. The molecule has 0 fully saturated rings. The first-order valence-corrected chi connectivity index (χ1v) is 8.69. The lowest BCUT2D eigenvalue weighted by Crippen LogP contribution is -2.30. The first kappa shape index (κ1) is 18.0. The van der Waals surface area contributed by atoms with Gasteiger partial charge < -0.3 is 14.6 Å². The molecule has 0 spiro atoms. The minimum absolute atomic E-state index is 0.0562. The molecule has 1 aromatic heterocycles. The van der Waals surface area contributed by atoms with Gasteiger partial charge >= 0.3 is 5.97 Å². The van der Waals surface area contributed by atoms with Gasteiger partial charge in [-0.25, -0.2) is 9.55 Å². The van der Waals surface area contributed by atoms with E-state index in [0.717, 1.165) is 16.3 Å². The summed E-state index contributed by atoms with van der Waals surface area (Å²) in [6, 6.07) is 15.4. The number of rotatable bonds is 6. The largest absolute Gasteiger partial charge is 0.468 e. The van der Waals surface area contributed by atoms with E-state index in [9.17, 15) is 14.7 Å². The lowest BCUT2D eigenvalue weighted by molar-refractivity contribution is -0.137. The predicted molar refractivity (Wildman–Crippen MR) is 97.1 cm³/mol. The van der Waals surface area contributed by atoms with E-state index in [1.807, 2.05) is 0 Å². The highest BCUT2D eigenvalue weighted by molar-refractivity contribution is 7.99. The van der Waals surface area contributed by atoms with Crippen LogP contribution in [0.2, 0.25) is 0 Å². The smallest absolute Gasteiger partial charge is 0.316 e. The van der Waals surface area contributed by atoms with E-state index >= 15 is 0 Å². The number of carbonyl (C=O) groups excluding carboxylic acids is 1. The minimum Gasteiger partial charge on any atom is -0.468 e. The predicted octanol–water partition coefficient (Wildman–Crippen LogP) is 2.19. The molecule has 1 unspecified atom stereocenters. The maximum Gasteiger partial charge on any atom is 0.316 e. The first-order chi connectivity index (χ1) is 12.6. The number of nitrogens with zero attached hydrogens (tertiary/aromatic N) is 2. The molecule has 0 bridgehead atoms. The highest BCUT2D eigenvalue weighted by Gasteiger charge is 2.20. The summed E-state index contributed by atoms with van der Waals surface area (Å²) in [5, 5.41) is 11.0. The van der Waals surface area contributed by atoms with E-state index in [0.29, 0.717) is 16.7 Å². The average Bonchev–Trinajstić information content (AvgIpc) is 2.66. The van der Waals surface area contributed by atoms with Gasteiger partial charge in [0.1, 0.15) is 5.75 Å². The molecule has 0 saturated heterocycles. The SMILES string of the molecule is COC(=O)CSc1nc2ccccc2c(=O)n1C(O)Oc1ccccc1. The molecule has 134 valence electrons. The molecular weight excluding hydrogens is 356 g/mol. The molecule has 1 atom stereocenters. The molecule has 0 amide bonds. The fourth-order valence-corrected chi connectivity index (χ4v) is 3.12. The molecule has 0 aliphatic rings. The Morgan fingerprint density at radius 2 is 1.88 bits per heavy atom. The van der Waals surface area contributed by atoms with Crippen molar-refractivity contribution in [1.82, 2.24) is 9.55 Å². The molecule has 0 aliphatic heterocycles. The lowest BCUT2D eigenvalue weighted by Gasteiger charge is -2.19. The van der Waals surface area contributed by atoms with E-state index in [1.54, 1.807) is 54.6 Å². The number of ether oxygens (including phenoxy) is 2. The number of hydrogen-bond acceptors (Lipinski definition) is 7. The van der Waals surface area contributed by atoms with Crippen LogP contribution >= 0.6 is 11.8 Å². The van der Waals surface area contributed by atoms with Gasteiger partial charge in [0.25, 0.3) is 12.0 Å². The van der Waals surface area contributed by atoms with Crippen LogP contribution in [0.15, 0.2) is 64.5 Å². The number of carbonyl (C=O) groups is 1. The van der Waals surface area contributed by atoms with Gasteiger partial charge in [-0.3, -0.25) is 9.59 Å². The van der Waals surface area contributed by atoms with Gasteiger partial charge in [0.05, 0.1) is 23.8 Å². The zero-order valence-electron chi connectivity index (χ0n) is 13.9. The number of aliphatic hydroxyl groups excluding tert-OH is 1. The summed E-state index contributed by atoms with van der Waals surface area (Å²) in [7, 11) is 1.27. The lowest BCUT2D eigenvalue weighted by atomic mass is 10.2. The fourth-order valence-electron chi connectivity index (χ4n) is 2.28. The second kappa shape index (κ2) is 8.03. The molecular formula is C18H16N2O5S. The summed E-state index contributed by atoms with van der Waals surface area (Å²) in [5.41, 5.74) is -0.000533. The monoisotopic (exact) mass is 372 g/mol. The van der Waals surface area contributed by atoms with Crippen LogP contribution in [-0.4, -0.2) is 33.5 Å². The van der Waals surface area contributed by atoms with Crippen molar-refractivity contribution in [2.45, 2.75) is 11.6 Å². The Hall–Kier alpha value is -2.84. The topological polar surface area (TPSA) is 90.7 Å². The summed E-state index contributed by atoms with van der Waals surface area (Å²) in [4.78, 5) is 28.7. The van der Waals surface area contributed by atoms with Crippen LogP contribution in [0, 0.1) is 0 Å². The van der Waals surface area contributed by atoms with Crippen molar-refractivity contribution in [3.63, 3.8) is 0 Å². The quantitative estimate of drug-likeness (QED) is 0.307. The van der Waals surface area contributed by atoms with Crippen molar-refractivity contribution in [2.24, 2.45) is 0 Å². The van der Waals surface area contributed by atoms with Crippen LogP contribution in [0.25, 0.3) is 10.9 Å². The molecule has 1 N–H and O–H groups in total. The second-order valence-corrected chi connectivity index (χ2v) is 6.15. The van der Waals surface area contributed by atoms with E-state index in [4.69, 9.17) is 4.74 Å². The molecule has 26 heavy (non-hydrogen) atoms. The number of benzene rings is 2. The van der Waals surface area contributed by atoms with Crippen LogP contribution in [0.5, 0.6) is 5.75 Å². The van der Waals surface area contributed by atoms with E-state index in [2.05, 4.69) is 9.72 Å². The van der Waals surface area contributed by atoms with Crippen LogP contribution in [0.3, 0.4) is 0 Å². The third-order valence-corrected chi connectivity index (χ3v) is 4.45. The third kappa shape index (κ3) is 3.87. The van der Waals surface area contributed by atoms with E-state index < -0.39 is 17.9 Å². The van der Waals surface area contributed by atoms with Crippen LogP contribution in [0.1, 0.15) is 6.41 Å². The van der Waals surface area contributed by atoms with Gasteiger partial charge in [-0.1, -0.05) is 42.1 Å². The van der Waals surface area contributed by atoms with Gasteiger partial charge in [-0.2, -0.15) is 0 Å². The molecule has 0 radical (unpaired) electrons. The number of aliphatic hydroxyl groups is 1. The molecule has 7 nitrogen and oxygen atoms in total. The molecule has 0 saturated carbocycles. The molecule has 2 aromatic carbocycles. The van der Waals surface area contributed by atoms with Crippen molar-refractivity contribution in [3.05, 3.63) is 65.0 Å². The number of aromatic nitrogens is 2. The number of para-hydroxylation sites is 2. The maximum atomic E-state index is 12.8. The molecule has 8 heteroatoms. The summed E-state index contributed by atoms with van der Waals surface area (Å²) in [6.07, 6.45) is -1.60.